The number of fused-ring (bicyclic) bond motifs is 11. The molecular weight excluding hydrogens is 733 g/mol. The zero-order valence-electron chi connectivity index (χ0n) is 28.5. The van der Waals surface area contributed by atoms with E-state index >= 15 is 0 Å². The van der Waals surface area contributed by atoms with Crippen LogP contribution in [0.1, 0.15) is 0 Å². The molecule has 0 fully saturated rings. The fraction of sp³-hybridized carbons (Fsp3) is 0. The largest absolute Gasteiger partial charge is 0.235 e. The summed E-state index contributed by atoms with van der Waals surface area (Å²) in [5.41, 5.74) is 9.43. The van der Waals surface area contributed by atoms with Crippen molar-refractivity contribution in [3.8, 4) is 43.4 Å². The van der Waals surface area contributed by atoms with Gasteiger partial charge in [0.1, 0.15) is 10.0 Å². The molecule has 0 radical (unpaired) electrons. The molecule has 54 heavy (non-hydrogen) atoms. The van der Waals surface area contributed by atoms with Crippen molar-refractivity contribution in [2.45, 2.75) is 0 Å². The lowest BCUT2D eigenvalue weighted by atomic mass is 10.0. The molecule has 0 saturated heterocycles. The summed E-state index contributed by atoms with van der Waals surface area (Å²) in [6.45, 7) is 0. The van der Waals surface area contributed by atoms with Crippen LogP contribution in [0.5, 0.6) is 0 Å². The monoisotopic (exact) mass is 758 g/mol. The molecule has 0 bridgehead atoms. The minimum atomic E-state index is 1.06. The highest BCUT2D eigenvalue weighted by atomic mass is 32.1. The van der Waals surface area contributed by atoms with Gasteiger partial charge in [0.2, 0.25) is 0 Å². The summed E-state index contributed by atoms with van der Waals surface area (Å²) in [6, 6.07) is 57.5. The molecule has 0 spiro atoms. The van der Waals surface area contributed by atoms with Crippen molar-refractivity contribution in [2.24, 2.45) is 0 Å². The lowest BCUT2D eigenvalue weighted by molar-refractivity contribution is 1.49. The molecule has 0 unspecified atom stereocenters. The molecule has 8 aromatic carbocycles. The first kappa shape index (κ1) is 30.7. The van der Waals surface area contributed by atoms with Gasteiger partial charge in [-0.05, 0) is 57.3 Å². The fourth-order valence-corrected chi connectivity index (χ4v) is 12.5. The number of thiazole rings is 2. The summed E-state index contributed by atoms with van der Waals surface area (Å²) in [6.07, 6.45) is 0. The van der Waals surface area contributed by atoms with Crippen LogP contribution in [-0.2, 0) is 0 Å². The molecule has 0 saturated carbocycles. The standard InChI is InChI=1S/C48H26N2S4/c1-3-7-35-29(5-1)19-23-39-43(35)49-47(53-39)31-13-9-27(10-14-31)33-17-21-37-41(25-33)51-46-38-22-18-34(26-42(38)52-45(37)46)28-11-15-32(16-12-28)48-50-44-36-8-4-2-6-30(36)20-24-40(44)54-48/h1-26H. The average Bonchev–Trinajstić information content (AvgIpc) is 4.02. The molecule has 12 rings (SSSR count). The van der Waals surface area contributed by atoms with Gasteiger partial charge < -0.3 is 0 Å². The molecule has 4 aromatic heterocycles. The van der Waals surface area contributed by atoms with Crippen molar-refractivity contribution in [3.05, 3.63) is 158 Å². The van der Waals surface area contributed by atoms with Gasteiger partial charge in [0.25, 0.3) is 0 Å². The van der Waals surface area contributed by atoms with Crippen LogP contribution in [0.15, 0.2) is 158 Å². The van der Waals surface area contributed by atoms with E-state index < -0.39 is 0 Å². The summed E-state index contributed by atoms with van der Waals surface area (Å²) in [5, 5.41) is 9.70. The van der Waals surface area contributed by atoms with E-state index in [0.717, 1.165) is 32.2 Å². The molecular formula is C48H26N2S4. The molecule has 6 heteroatoms. The van der Waals surface area contributed by atoms with Crippen molar-refractivity contribution in [3.63, 3.8) is 0 Å². The van der Waals surface area contributed by atoms with E-state index in [2.05, 4.69) is 158 Å². The van der Waals surface area contributed by atoms with Gasteiger partial charge in [-0.15, -0.1) is 45.3 Å². The van der Waals surface area contributed by atoms with E-state index in [-0.39, 0.29) is 0 Å². The van der Waals surface area contributed by atoms with Crippen LogP contribution in [0, 0.1) is 0 Å². The minimum absolute atomic E-state index is 1.06. The highest BCUT2D eigenvalue weighted by molar-refractivity contribution is 7.36. The third-order valence-corrected chi connectivity index (χ3v) is 15.2. The summed E-state index contributed by atoms with van der Waals surface area (Å²) < 4.78 is 7.88. The van der Waals surface area contributed by atoms with Crippen LogP contribution in [0.2, 0.25) is 0 Å². The second kappa shape index (κ2) is 11.9. The first-order chi connectivity index (χ1) is 26.7. The molecule has 12 aromatic rings. The zero-order valence-corrected chi connectivity index (χ0v) is 31.8. The summed E-state index contributed by atoms with van der Waals surface area (Å²) in [7, 11) is 0. The Balaban J connectivity index is 0.831. The van der Waals surface area contributed by atoms with Crippen LogP contribution in [0.25, 0.3) is 115 Å². The van der Waals surface area contributed by atoms with Gasteiger partial charge in [-0.25, -0.2) is 9.97 Å². The van der Waals surface area contributed by atoms with Crippen molar-refractivity contribution >= 4 is 117 Å². The van der Waals surface area contributed by atoms with Gasteiger partial charge >= 0.3 is 0 Å². The van der Waals surface area contributed by atoms with E-state index in [1.165, 1.54) is 82.8 Å². The Labute approximate surface area is 325 Å². The Morgan fingerprint density at radius 3 is 1.17 bits per heavy atom. The van der Waals surface area contributed by atoms with Gasteiger partial charge in [0.05, 0.1) is 29.8 Å². The summed E-state index contributed by atoms with van der Waals surface area (Å²) >= 11 is 7.34. The van der Waals surface area contributed by atoms with E-state index in [4.69, 9.17) is 9.97 Å². The fourth-order valence-electron chi connectivity index (χ4n) is 7.80. The van der Waals surface area contributed by atoms with Crippen molar-refractivity contribution < 1.29 is 0 Å². The van der Waals surface area contributed by atoms with Gasteiger partial charge in [-0.1, -0.05) is 133 Å². The van der Waals surface area contributed by atoms with Crippen molar-refractivity contribution in [2.75, 3.05) is 0 Å². The Hall–Kier alpha value is -5.76. The Bertz CT molecular complexity index is 3200. The molecule has 0 aliphatic heterocycles. The number of rotatable bonds is 4. The first-order valence-electron chi connectivity index (χ1n) is 17.9. The van der Waals surface area contributed by atoms with E-state index in [1.807, 2.05) is 22.7 Å². The summed E-state index contributed by atoms with van der Waals surface area (Å²) in [5.74, 6) is 0. The Morgan fingerprint density at radius 1 is 0.296 bits per heavy atom. The zero-order chi connectivity index (χ0) is 35.3. The highest BCUT2D eigenvalue weighted by Crippen LogP contribution is 2.46. The van der Waals surface area contributed by atoms with Crippen molar-refractivity contribution in [1.82, 2.24) is 9.97 Å². The molecule has 0 atom stereocenters. The van der Waals surface area contributed by atoms with Crippen LogP contribution in [0.3, 0.4) is 0 Å². The quantitative estimate of drug-likeness (QED) is 0.179. The molecule has 0 aliphatic rings. The Kier molecular flexibility index (Phi) is 6.74. The van der Waals surface area contributed by atoms with Crippen LogP contribution in [0.4, 0.5) is 0 Å². The number of aromatic nitrogens is 2. The predicted molar refractivity (Wildman–Crippen MR) is 238 cm³/mol. The van der Waals surface area contributed by atoms with E-state index in [9.17, 15) is 0 Å². The molecule has 2 nitrogen and oxygen atoms in total. The highest BCUT2D eigenvalue weighted by Gasteiger charge is 2.16. The second-order valence-electron chi connectivity index (χ2n) is 13.7. The number of thiophene rings is 2. The average molecular weight is 759 g/mol. The number of benzene rings is 8. The molecule has 0 N–H and O–H groups in total. The molecule has 252 valence electrons. The van der Waals surface area contributed by atoms with Crippen molar-refractivity contribution in [1.29, 1.82) is 0 Å². The number of hydrogen-bond acceptors (Lipinski definition) is 6. The number of hydrogen-bond donors (Lipinski definition) is 0. The first-order valence-corrected chi connectivity index (χ1v) is 21.1. The normalized spacial score (nSPS) is 12.1. The Morgan fingerprint density at radius 2 is 0.704 bits per heavy atom. The lowest BCUT2D eigenvalue weighted by Crippen LogP contribution is -1.80. The van der Waals surface area contributed by atoms with E-state index in [1.54, 1.807) is 22.7 Å². The SMILES string of the molecule is c1ccc2c(c1)ccc1sc(-c3ccc(-c4ccc5c(c4)sc4c6ccc(-c7ccc(-c8nc9c(ccc%10ccccc%109)s8)cc7)cc6sc54)cc3)nc12. The third kappa shape index (κ3) is 4.81. The molecule has 4 heterocycles. The van der Waals surface area contributed by atoms with Crippen LogP contribution in [-0.4, -0.2) is 9.97 Å². The maximum atomic E-state index is 5.07. The van der Waals surface area contributed by atoms with Gasteiger partial charge in [0, 0.05) is 42.1 Å². The molecule has 0 aliphatic carbocycles. The maximum absolute atomic E-state index is 5.07. The molecule has 0 amide bonds. The van der Waals surface area contributed by atoms with Crippen LogP contribution < -0.4 is 0 Å². The lowest BCUT2D eigenvalue weighted by Gasteiger charge is -2.04. The number of nitrogens with zero attached hydrogens (tertiary/aromatic N) is 2. The topological polar surface area (TPSA) is 25.8 Å². The predicted octanol–water partition coefficient (Wildman–Crippen LogP) is 15.5. The summed E-state index contributed by atoms with van der Waals surface area (Å²) in [4.78, 5) is 10.1. The van der Waals surface area contributed by atoms with Gasteiger partial charge in [0.15, 0.2) is 0 Å². The second-order valence-corrected chi connectivity index (χ2v) is 17.9. The van der Waals surface area contributed by atoms with Crippen LogP contribution >= 0.6 is 45.3 Å². The van der Waals surface area contributed by atoms with E-state index in [0.29, 0.717) is 0 Å². The third-order valence-electron chi connectivity index (χ3n) is 10.6. The van der Waals surface area contributed by atoms with Gasteiger partial charge in [-0.3, -0.25) is 0 Å². The smallest absolute Gasteiger partial charge is 0.124 e. The maximum Gasteiger partial charge on any atom is 0.124 e. The minimum Gasteiger partial charge on any atom is -0.235 e. The van der Waals surface area contributed by atoms with Gasteiger partial charge in [-0.2, -0.15) is 0 Å².